The van der Waals surface area contributed by atoms with Crippen molar-refractivity contribution in [2.75, 3.05) is 12.3 Å². The van der Waals surface area contributed by atoms with E-state index < -0.39 is 6.04 Å². The molecule has 1 N–H and O–H groups in total. The Labute approximate surface area is 235 Å². The first-order valence-electron chi connectivity index (χ1n) is 11.7. The number of nitrogens with zero attached hydrogens (tertiary/aromatic N) is 1. The topological polar surface area (TPSA) is 49.4 Å². The quantitative estimate of drug-likeness (QED) is 0.238. The van der Waals surface area contributed by atoms with Crippen LogP contribution in [-0.2, 0) is 28.3 Å². The average molecular weight is 608 g/mol. The van der Waals surface area contributed by atoms with Gasteiger partial charge in [-0.1, -0.05) is 94.6 Å². The van der Waals surface area contributed by atoms with Crippen LogP contribution >= 0.6 is 50.9 Å². The predicted octanol–water partition coefficient (Wildman–Crippen LogP) is 7.16. The predicted molar refractivity (Wildman–Crippen MR) is 155 cm³/mol. The third kappa shape index (κ3) is 8.55. The van der Waals surface area contributed by atoms with Gasteiger partial charge in [0.05, 0.1) is 5.75 Å². The molecule has 0 saturated heterocycles. The second-order valence-electron chi connectivity index (χ2n) is 8.34. The fraction of sp³-hybridized carbons (Fsp3) is 0.286. The number of rotatable bonds is 12. The highest BCUT2D eigenvalue weighted by Crippen LogP contribution is 2.28. The van der Waals surface area contributed by atoms with Crippen molar-refractivity contribution in [2.24, 2.45) is 0 Å². The number of nitrogens with one attached hydrogen (secondary N) is 1. The van der Waals surface area contributed by atoms with Gasteiger partial charge in [-0.05, 0) is 41.8 Å². The zero-order valence-electron chi connectivity index (χ0n) is 20.1. The summed E-state index contributed by atoms with van der Waals surface area (Å²) in [6.07, 6.45) is 1.19. The van der Waals surface area contributed by atoms with E-state index in [1.165, 1.54) is 11.8 Å². The Morgan fingerprint density at radius 3 is 2.25 bits per heavy atom. The molecular weight excluding hydrogens is 579 g/mol. The third-order valence-corrected chi connectivity index (χ3v) is 7.84. The van der Waals surface area contributed by atoms with Crippen LogP contribution in [0.1, 0.15) is 30.0 Å². The van der Waals surface area contributed by atoms with Crippen LogP contribution < -0.4 is 5.32 Å². The van der Waals surface area contributed by atoms with Gasteiger partial charge >= 0.3 is 0 Å². The SMILES string of the molecule is CCCNC(=O)C(Cc1ccccc1)N(Cc1c(Cl)cccc1Cl)C(=O)CSCc1ccc(Br)cc1. The van der Waals surface area contributed by atoms with Gasteiger partial charge in [0.2, 0.25) is 11.8 Å². The molecule has 3 rings (SSSR count). The summed E-state index contributed by atoms with van der Waals surface area (Å²) >= 11 is 17.9. The molecule has 1 atom stereocenters. The average Bonchev–Trinajstić information content (AvgIpc) is 2.88. The monoisotopic (exact) mass is 606 g/mol. The molecule has 0 fully saturated rings. The van der Waals surface area contributed by atoms with Crippen LogP contribution in [0.4, 0.5) is 0 Å². The summed E-state index contributed by atoms with van der Waals surface area (Å²) in [7, 11) is 0. The number of hydrogen-bond donors (Lipinski definition) is 1. The molecule has 8 heteroatoms. The van der Waals surface area contributed by atoms with Gasteiger partial charge in [0.1, 0.15) is 6.04 Å². The van der Waals surface area contributed by atoms with Crippen LogP contribution in [0, 0.1) is 0 Å². The number of amides is 2. The Bertz CT molecular complexity index is 1130. The first-order valence-corrected chi connectivity index (χ1v) is 14.5. The molecule has 0 aliphatic carbocycles. The van der Waals surface area contributed by atoms with Crippen LogP contribution in [0.25, 0.3) is 0 Å². The molecule has 3 aromatic carbocycles. The van der Waals surface area contributed by atoms with E-state index in [0.717, 1.165) is 22.0 Å². The van der Waals surface area contributed by atoms with Crippen molar-refractivity contribution in [3.8, 4) is 0 Å². The fourth-order valence-corrected chi connectivity index (χ4v) is 5.35. The minimum absolute atomic E-state index is 0.138. The van der Waals surface area contributed by atoms with Crippen LogP contribution in [-0.4, -0.2) is 35.1 Å². The van der Waals surface area contributed by atoms with Crippen LogP contribution in [0.3, 0.4) is 0 Å². The zero-order chi connectivity index (χ0) is 25.9. The highest BCUT2D eigenvalue weighted by molar-refractivity contribution is 9.10. The van der Waals surface area contributed by atoms with E-state index in [1.807, 2.05) is 61.5 Å². The lowest BCUT2D eigenvalue weighted by atomic mass is 10.0. The molecule has 0 saturated carbocycles. The number of thioether (sulfide) groups is 1. The number of carbonyl (C=O) groups excluding carboxylic acids is 2. The van der Waals surface area contributed by atoms with Gasteiger partial charge in [-0.3, -0.25) is 9.59 Å². The van der Waals surface area contributed by atoms with Crippen LogP contribution in [0.2, 0.25) is 10.0 Å². The molecule has 36 heavy (non-hydrogen) atoms. The Morgan fingerprint density at radius 1 is 0.944 bits per heavy atom. The molecule has 0 spiro atoms. The van der Waals surface area contributed by atoms with Crippen molar-refractivity contribution in [1.82, 2.24) is 10.2 Å². The Hall–Kier alpha value is -1.99. The normalized spacial score (nSPS) is 11.7. The van der Waals surface area contributed by atoms with Gasteiger partial charge in [-0.15, -0.1) is 11.8 Å². The lowest BCUT2D eigenvalue weighted by molar-refractivity contribution is -0.139. The van der Waals surface area contributed by atoms with Gasteiger partial charge in [0.25, 0.3) is 0 Å². The van der Waals surface area contributed by atoms with Crippen molar-refractivity contribution in [3.05, 3.63) is 104 Å². The molecule has 0 aromatic heterocycles. The number of carbonyl (C=O) groups is 2. The molecule has 0 aliphatic rings. The summed E-state index contributed by atoms with van der Waals surface area (Å²) < 4.78 is 1.01. The molecule has 190 valence electrons. The summed E-state index contributed by atoms with van der Waals surface area (Å²) in [5.41, 5.74) is 2.73. The molecule has 0 radical (unpaired) electrons. The fourth-order valence-electron chi connectivity index (χ4n) is 3.69. The molecule has 4 nitrogen and oxygen atoms in total. The van der Waals surface area contributed by atoms with Gasteiger partial charge in [-0.25, -0.2) is 0 Å². The lowest BCUT2D eigenvalue weighted by Gasteiger charge is -2.32. The van der Waals surface area contributed by atoms with Crippen LogP contribution in [0.15, 0.2) is 77.3 Å². The standard InChI is InChI=1S/C28H29BrCl2N2O2S/c1-2-15-32-28(35)26(16-20-7-4-3-5-8-20)33(17-23-24(30)9-6-10-25(23)31)27(34)19-36-18-21-11-13-22(29)14-12-21/h3-14,26H,2,15-19H2,1H3,(H,32,35). The maximum atomic E-state index is 13.7. The second-order valence-corrected chi connectivity index (χ2v) is 11.1. The van der Waals surface area contributed by atoms with Crippen molar-refractivity contribution in [3.63, 3.8) is 0 Å². The molecule has 0 heterocycles. The maximum absolute atomic E-state index is 13.7. The second kappa shape index (κ2) is 14.7. The van der Waals surface area contributed by atoms with Crippen LogP contribution in [0.5, 0.6) is 0 Å². The van der Waals surface area contributed by atoms with Gasteiger partial charge < -0.3 is 10.2 Å². The zero-order valence-corrected chi connectivity index (χ0v) is 24.0. The summed E-state index contributed by atoms with van der Waals surface area (Å²) in [6, 6.07) is 22.3. The summed E-state index contributed by atoms with van der Waals surface area (Å²) in [6.45, 7) is 2.68. The van der Waals surface area contributed by atoms with E-state index in [9.17, 15) is 9.59 Å². The maximum Gasteiger partial charge on any atom is 0.243 e. The van der Waals surface area contributed by atoms with E-state index >= 15 is 0 Å². The summed E-state index contributed by atoms with van der Waals surface area (Å²) in [5.74, 6) is 0.589. The number of benzene rings is 3. The Kier molecular flexibility index (Phi) is 11.6. The first-order chi connectivity index (χ1) is 17.4. The van der Waals surface area contributed by atoms with E-state index in [4.69, 9.17) is 23.2 Å². The first kappa shape index (κ1) is 28.6. The Balaban J connectivity index is 1.87. The highest BCUT2D eigenvalue weighted by Gasteiger charge is 2.31. The molecule has 3 aromatic rings. The van der Waals surface area contributed by atoms with Gasteiger partial charge in [0.15, 0.2) is 0 Å². The smallest absolute Gasteiger partial charge is 0.243 e. The van der Waals surface area contributed by atoms with Crippen molar-refractivity contribution in [1.29, 1.82) is 0 Å². The van der Waals surface area contributed by atoms with E-state index in [2.05, 4.69) is 21.2 Å². The van der Waals surface area contributed by atoms with Crippen molar-refractivity contribution >= 4 is 62.7 Å². The van der Waals surface area contributed by atoms with Crippen molar-refractivity contribution in [2.45, 2.75) is 38.1 Å². The van der Waals surface area contributed by atoms with Gasteiger partial charge in [0, 0.05) is 45.3 Å². The highest BCUT2D eigenvalue weighted by atomic mass is 79.9. The summed E-state index contributed by atoms with van der Waals surface area (Å²) in [5, 5.41) is 3.92. The molecule has 1 unspecified atom stereocenters. The number of halogens is 3. The summed E-state index contributed by atoms with van der Waals surface area (Å²) in [4.78, 5) is 28.6. The Morgan fingerprint density at radius 2 is 1.61 bits per heavy atom. The third-order valence-electron chi connectivity index (χ3n) is 5.62. The molecule has 2 amide bonds. The lowest BCUT2D eigenvalue weighted by Crippen LogP contribution is -2.51. The van der Waals surface area contributed by atoms with Gasteiger partial charge in [-0.2, -0.15) is 0 Å². The molecular formula is C28H29BrCl2N2O2S. The molecule has 0 aliphatic heterocycles. The van der Waals surface area contributed by atoms with Crippen molar-refractivity contribution < 1.29 is 9.59 Å². The minimum Gasteiger partial charge on any atom is -0.354 e. The van der Waals surface area contributed by atoms with E-state index in [-0.39, 0.29) is 24.1 Å². The minimum atomic E-state index is -0.702. The number of hydrogen-bond acceptors (Lipinski definition) is 3. The van der Waals surface area contributed by atoms with E-state index in [1.54, 1.807) is 23.1 Å². The largest absolute Gasteiger partial charge is 0.354 e. The van der Waals surface area contributed by atoms with E-state index in [0.29, 0.717) is 34.3 Å². The molecule has 0 bridgehead atoms.